The molecule has 0 heterocycles. The van der Waals surface area contributed by atoms with Crippen LogP contribution in [0.1, 0.15) is 6.92 Å². The zero-order chi connectivity index (χ0) is 10.3. The van der Waals surface area contributed by atoms with Gasteiger partial charge in [0.1, 0.15) is 6.04 Å². The Labute approximate surface area is 78.5 Å². The number of aliphatic carboxylic acids is 1. The largest absolute Gasteiger partial charge is 0.480 e. The van der Waals surface area contributed by atoms with Crippen LogP contribution in [0.25, 0.3) is 0 Å². The van der Waals surface area contributed by atoms with E-state index in [0.29, 0.717) is 19.8 Å². The van der Waals surface area contributed by atoms with Crippen molar-refractivity contribution in [3.63, 3.8) is 0 Å². The molecule has 13 heavy (non-hydrogen) atoms. The van der Waals surface area contributed by atoms with Gasteiger partial charge in [-0.3, -0.25) is 9.69 Å². The summed E-state index contributed by atoms with van der Waals surface area (Å²) in [5, 5.41) is 8.74. The standard InChI is InChI=1S/C8H18N2O3/c1-3-13-5-4-10(2)7(6-9)8(11)12/h7H,3-6,9H2,1-2H3,(H,11,12). The molecule has 0 aromatic rings. The Bertz CT molecular complexity index is 152. The highest BCUT2D eigenvalue weighted by Gasteiger charge is 2.19. The summed E-state index contributed by atoms with van der Waals surface area (Å²) in [6.07, 6.45) is 0. The number of nitrogens with two attached hydrogens (primary N) is 1. The molecule has 0 radical (unpaired) electrons. The summed E-state index contributed by atoms with van der Waals surface area (Å²) < 4.78 is 5.10. The quantitative estimate of drug-likeness (QED) is 0.523. The molecule has 1 atom stereocenters. The second-order valence-electron chi connectivity index (χ2n) is 2.77. The van der Waals surface area contributed by atoms with Gasteiger partial charge in [-0.15, -0.1) is 0 Å². The molecule has 5 nitrogen and oxygen atoms in total. The smallest absolute Gasteiger partial charge is 0.322 e. The second-order valence-corrected chi connectivity index (χ2v) is 2.77. The van der Waals surface area contributed by atoms with Crippen LogP contribution in [0.5, 0.6) is 0 Å². The van der Waals surface area contributed by atoms with Crippen molar-refractivity contribution < 1.29 is 14.6 Å². The van der Waals surface area contributed by atoms with Gasteiger partial charge in [0.05, 0.1) is 6.61 Å². The number of hydrogen-bond donors (Lipinski definition) is 2. The molecule has 0 aromatic carbocycles. The summed E-state index contributed by atoms with van der Waals surface area (Å²) in [5.74, 6) is -0.888. The lowest BCUT2D eigenvalue weighted by molar-refractivity contribution is -0.142. The van der Waals surface area contributed by atoms with E-state index < -0.39 is 12.0 Å². The molecule has 0 aromatic heterocycles. The molecule has 0 fully saturated rings. The predicted octanol–water partition coefficient (Wildman–Crippen LogP) is -0.633. The number of likely N-dealkylation sites (N-methyl/N-ethyl adjacent to an activating group) is 1. The fourth-order valence-electron chi connectivity index (χ4n) is 0.978. The van der Waals surface area contributed by atoms with E-state index in [1.807, 2.05) is 6.92 Å². The van der Waals surface area contributed by atoms with Gasteiger partial charge in [0, 0.05) is 19.7 Å². The molecule has 3 N–H and O–H groups in total. The lowest BCUT2D eigenvalue weighted by Gasteiger charge is -2.22. The van der Waals surface area contributed by atoms with Gasteiger partial charge >= 0.3 is 5.97 Å². The maximum absolute atomic E-state index is 10.6. The van der Waals surface area contributed by atoms with E-state index in [1.54, 1.807) is 11.9 Å². The van der Waals surface area contributed by atoms with E-state index in [9.17, 15) is 4.79 Å². The molecule has 78 valence electrons. The van der Waals surface area contributed by atoms with Crippen molar-refractivity contribution in [1.29, 1.82) is 0 Å². The molecule has 1 unspecified atom stereocenters. The highest BCUT2D eigenvalue weighted by molar-refractivity contribution is 5.73. The van der Waals surface area contributed by atoms with Crippen molar-refractivity contribution >= 4 is 5.97 Å². The summed E-state index contributed by atoms with van der Waals surface area (Å²) in [6, 6.07) is -0.611. The lowest BCUT2D eigenvalue weighted by Crippen LogP contribution is -2.45. The summed E-state index contributed by atoms with van der Waals surface area (Å²) in [6.45, 7) is 3.79. The summed E-state index contributed by atoms with van der Waals surface area (Å²) in [7, 11) is 1.73. The average molecular weight is 190 g/mol. The van der Waals surface area contributed by atoms with Crippen LogP contribution in [0.2, 0.25) is 0 Å². The molecule has 0 aliphatic carbocycles. The Hall–Kier alpha value is -0.650. The summed E-state index contributed by atoms with van der Waals surface area (Å²) >= 11 is 0. The minimum absolute atomic E-state index is 0.123. The predicted molar refractivity (Wildman–Crippen MR) is 49.6 cm³/mol. The van der Waals surface area contributed by atoms with Crippen LogP contribution in [-0.4, -0.2) is 55.4 Å². The van der Waals surface area contributed by atoms with Crippen LogP contribution in [0.3, 0.4) is 0 Å². The maximum Gasteiger partial charge on any atom is 0.322 e. The lowest BCUT2D eigenvalue weighted by atomic mass is 10.2. The van der Waals surface area contributed by atoms with Gasteiger partial charge in [-0.2, -0.15) is 0 Å². The van der Waals surface area contributed by atoms with Gasteiger partial charge in [0.15, 0.2) is 0 Å². The van der Waals surface area contributed by atoms with Crippen molar-refractivity contribution in [2.75, 3.05) is 33.4 Å². The molecule has 0 aliphatic heterocycles. The Morgan fingerprint density at radius 3 is 2.69 bits per heavy atom. The fourth-order valence-corrected chi connectivity index (χ4v) is 0.978. The molecule has 0 amide bonds. The first-order chi connectivity index (χ1) is 6.13. The fraction of sp³-hybridized carbons (Fsp3) is 0.875. The van der Waals surface area contributed by atoms with Gasteiger partial charge < -0.3 is 15.6 Å². The second kappa shape index (κ2) is 6.82. The van der Waals surface area contributed by atoms with Crippen LogP contribution in [0.4, 0.5) is 0 Å². The van der Waals surface area contributed by atoms with E-state index in [4.69, 9.17) is 15.6 Å². The Morgan fingerprint density at radius 2 is 2.31 bits per heavy atom. The number of rotatable bonds is 7. The third kappa shape index (κ3) is 4.82. The highest BCUT2D eigenvalue weighted by atomic mass is 16.5. The van der Waals surface area contributed by atoms with Crippen molar-refractivity contribution in [2.24, 2.45) is 5.73 Å². The van der Waals surface area contributed by atoms with Crippen LogP contribution < -0.4 is 5.73 Å². The number of ether oxygens (including phenoxy) is 1. The molecule has 0 saturated carbocycles. The van der Waals surface area contributed by atoms with Crippen LogP contribution in [0.15, 0.2) is 0 Å². The van der Waals surface area contributed by atoms with E-state index >= 15 is 0 Å². The van der Waals surface area contributed by atoms with Crippen molar-refractivity contribution in [3.8, 4) is 0 Å². The normalized spacial score (nSPS) is 13.2. The number of carbonyl (C=O) groups is 1. The van der Waals surface area contributed by atoms with Crippen molar-refractivity contribution in [2.45, 2.75) is 13.0 Å². The third-order valence-corrected chi connectivity index (χ3v) is 1.83. The van der Waals surface area contributed by atoms with Gasteiger partial charge in [-0.25, -0.2) is 0 Å². The monoisotopic (exact) mass is 190 g/mol. The van der Waals surface area contributed by atoms with E-state index in [2.05, 4.69) is 0 Å². The minimum atomic E-state index is -0.888. The highest BCUT2D eigenvalue weighted by Crippen LogP contribution is 1.94. The topological polar surface area (TPSA) is 75.8 Å². The zero-order valence-corrected chi connectivity index (χ0v) is 8.19. The first-order valence-electron chi connectivity index (χ1n) is 4.34. The third-order valence-electron chi connectivity index (χ3n) is 1.83. The Kier molecular flexibility index (Phi) is 6.48. The summed E-state index contributed by atoms with van der Waals surface area (Å²) in [4.78, 5) is 12.3. The number of hydrogen-bond acceptors (Lipinski definition) is 4. The summed E-state index contributed by atoms with van der Waals surface area (Å²) in [5.41, 5.74) is 5.32. The minimum Gasteiger partial charge on any atom is -0.480 e. The SMILES string of the molecule is CCOCCN(C)C(CN)C(=O)O. The molecule has 5 heteroatoms. The van der Waals surface area contributed by atoms with Crippen molar-refractivity contribution in [3.05, 3.63) is 0 Å². The molecule has 0 saturated heterocycles. The van der Waals surface area contributed by atoms with Crippen LogP contribution >= 0.6 is 0 Å². The number of carboxylic acids is 1. The van der Waals surface area contributed by atoms with Gasteiger partial charge in [0.25, 0.3) is 0 Å². The Morgan fingerprint density at radius 1 is 1.69 bits per heavy atom. The van der Waals surface area contributed by atoms with Crippen LogP contribution in [0, 0.1) is 0 Å². The van der Waals surface area contributed by atoms with Gasteiger partial charge in [-0.05, 0) is 14.0 Å². The molecule has 0 bridgehead atoms. The molecule has 0 rings (SSSR count). The molecular formula is C8H18N2O3. The first-order valence-corrected chi connectivity index (χ1v) is 4.34. The maximum atomic E-state index is 10.6. The Balaban J connectivity index is 3.77. The van der Waals surface area contributed by atoms with Crippen LogP contribution in [-0.2, 0) is 9.53 Å². The van der Waals surface area contributed by atoms with E-state index in [0.717, 1.165) is 0 Å². The number of carboxylic acid groups (broad SMARTS) is 1. The van der Waals surface area contributed by atoms with Gasteiger partial charge in [-0.1, -0.05) is 0 Å². The van der Waals surface area contributed by atoms with Crippen molar-refractivity contribution in [1.82, 2.24) is 4.90 Å². The average Bonchev–Trinajstić information content (AvgIpc) is 2.05. The van der Waals surface area contributed by atoms with Gasteiger partial charge in [0.2, 0.25) is 0 Å². The zero-order valence-electron chi connectivity index (χ0n) is 8.19. The molecule has 0 spiro atoms. The first kappa shape index (κ1) is 12.3. The molecule has 0 aliphatic rings. The van der Waals surface area contributed by atoms with E-state index in [1.165, 1.54) is 0 Å². The van der Waals surface area contributed by atoms with E-state index in [-0.39, 0.29) is 6.54 Å². The molecular weight excluding hydrogens is 172 g/mol. The number of nitrogens with zero attached hydrogens (tertiary/aromatic N) is 1.